The second-order valence-corrected chi connectivity index (χ2v) is 7.46. The SMILES string of the molecule is CC(C)=CCC/C(C)=C/CC/C(C)=C/CC/C(C)=C/CCC(O)CO. The number of hydrogen-bond donors (Lipinski definition) is 2. The van der Waals surface area contributed by atoms with Gasteiger partial charge in [0, 0.05) is 0 Å². The highest BCUT2D eigenvalue weighted by Gasteiger charge is 1.99. The van der Waals surface area contributed by atoms with Crippen molar-refractivity contribution in [1.29, 1.82) is 0 Å². The molecule has 0 fully saturated rings. The number of aliphatic hydroxyl groups excluding tert-OH is 2. The maximum atomic E-state index is 9.32. The fraction of sp³-hybridized carbons (Fsp3) is 0.652. The molecule has 0 heterocycles. The van der Waals surface area contributed by atoms with Gasteiger partial charge in [0.05, 0.1) is 12.7 Å². The molecule has 2 N–H and O–H groups in total. The highest BCUT2D eigenvalue weighted by atomic mass is 16.3. The lowest BCUT2D eigenvalue weighted by atomic mass is 10.0. The summed E-state index contributed by atoms with van der Waals surface area (Å²) in [6, 6.07) is 0. The fourth-order valence-electron chi connectivity index (χ4n) is 2.60. The second-order valence-electron chi connectivity index (χ2n) is 7.46. The molecule has 144 valence electrons. The fourth-order valence-corrected chi connectivity index (χ4v) is 2.60. The number of rotatable bonds is 13. The van der Waals surface area contributed by atoms with Crippen LogP contribution in [0.25, 0.3) is 0 Å². The number of allylic oxidation sites excluding steroid dienone is 8. The van der Waals surface area contributed by atoms with E-state index in [0.717, 1.165) is 38.5 Å². The maximum absolute atomic E-state index is 9.32. The Balaban J connectivity index is 3.97. The molecule has 0 aromatic heterocycles. The van der Waals surface area contributed by atoms with Crippen LogP contribution in [0.4, 0.5) is 0 Å². The van der Waals surface area contributed by atoms with Crippen LogP contribution in [-0.2, 0) is 0 Å². The summed E-state index contributed by atoms with van der Waals surface area (Å²) >= 11 is 0. The molecule has 2 heteroatoms. The van der Waals surface area contributed by atoms with E-state index >= 15 is 0 Å². The molecular weight excluding hydrogens is 308 g/mol. The van der Waals surface area contributed by atoms with E-state index in [0.29, 0.717) is 6.42 Å². The Bertz CT molecular complexity index is 462. The van der Waals surface area contributed by atoms with Gasteiger partial charge in [-0.05, 0) is 86.0 Å². The normalized spacial score (nSPS) is 14.6. The third-order valence-corrected chi connectivity index (χ3v) is 4.36. The summed E-state index contributed by atoms with van der Waals surface area (Å²) in [4.78, 5) is 0. The van der Waals surface area contributed by atoms with Gasteiger partial charge in [0.2, 0.25) is 0 Å². The summed E-state index contributed by atoms with van der Waals surface area (Å²) in [5, 5.41) is 18.1. The van der Waals surface area contributed by atoms with Crippen molar-refractivity contribution in [3.8, 4) is 0 Å². The molecular formula is C23H40O2. The van der Waals surface area contributed by atoms with Crippen LogP contribution < -0.4 is 0 Å². The average Bonchev–Trinajstić information content (AvgIpc) is 2.54. The molecule has 0 spiro atoms. The van der Waals surface area contributed by atoms with Crippen molar-refractivity contribution in [3.05, 3.63) is 46.6 Å². The Labute approximate surface area is 156 Å². The maximum Gasteiger partial charge on any atom is 0.0773 e. The van der Waals surface area contributed by atoms with E-state index in [1.807, 2.05) is 0 Å². The van der Waals surface area contributed by atoms with E-state index in [1.54, 1.807) is 0 Å². The topological polar surface area (TPSA) is 40.5 Å². The van der Waals surface area contributed by atoms with E-state index in [9.17, 15) is 5.11 Å². The van der Waals surface area contributed by atoms with E-state index in [-0.39, 0.29) is 6.61 Å². The zero-order valence-electron chi connectivity index (χ0n) is 17.1. The van der Waals surface area contributed by atoms with Crippen molar-refractivity contribution in [2.45, 2.75) is 92.1 Å². The minimum Gasteiger partial charge on any atom is -0.394 e. The third kappa shape index (κ3) is 16.1. The zero-order chi connectivity index (χ0) is 19.1. The van der Waals surface area contributed by atoms with Crippen LogP contribution in [0.1, 0.15) is 86.0 Å². The first-order valence-corrected chi connectivity index (χ1v) is 9.74. The van der Waals surface area contributed by atoms with Crippen molar-refractivity contribution in [2.75, 3.05) is 6.61 Å². The monoisotopic (exact) mass is 348 g/mol. The summed E-state index contributed by atoms with van der Waals surface area (Å²) in [7, 11) is 0. The molecule has 0 bridgehead atoms. The van der Waals surface area contributed by atoms with Gasteiger partial charge in [-0.2, -0.15) is 0 Å². The minimum absolute atomic E-state index is 0.141. The Morgan fingerprint density at radius 1 is 0.680 bits per heavy atom. The van der Waals surface area contributed by atoms with Gasteiger partial charge < -0.3 is 10.2 Å². The van der Waals surface area contributed by atoms with E-state index in [1.165, 1.54) is 28.7 Å². The molecule has 0 saturated carbocycles. The van der Waals surface area contributed by atoms with Crippen LogP contribution >= 0.6 is 0 Å². The molecule has 0 radical (unpaired) electrons. The van der Waals surface area contributed by atoms with Gasteiger partial charge in [0.1, 0.15) is 0 Å². The third-order valence-electron chi connectivity index (χ3n) is 4.36. The van der Waals surface area contributed by atoms with Gasteiger partial charge >= 0.3 is 0 Å². The predicted molar refractivity (Wildman–Crippen MR) is 111 cm³/mol. The molecule has 0 aliphatic carbocycles. The standard InChI is InChI=1S/C23H40O2/c1-19(2)10-6-11-20(3)12-7-13-21(4)14-8-15-22(5)16-9-17-23(25)18-24/h10,12,14,16,23-25H,6-9,11,13,15,17-18H2,1-5H3/b20-12+,21-14+,22-16+. The second kappa shape index (κ2) is 15.2. The average molecular weight is 349 g/mol. The molecule has 0 aliphatic heterocycles. The zero-order valence-corrected chi connectivity index (χ0v) is 17.1. The summed E-state index contributed by atoms with van der Waals surface area (Å²) in [5.74, 6) is 0. The lowest BCUT2D eigenvalue weighted by molar-refractivity contribution is 0.0891. The first-order valence-electron chi connectivity index (χ1n) is 9.74. The molecule has 25 heavy (non-hydrogen) atoms. The van der Waals surface area contributed by atoms with Crippen LogP contribution in [0.15, 0.2) is 46.6 Å². The van der Waals surface area contributed by atoms with Crippen LogP contribution in [0.2, 0.25) is 0 Å². The van der Waals surface area contributed by atoms with Crippen molar-refractivity contribution >= 4 is 0 Å². The van der Waals surface area contributed by atoms with Gasteiger partial charge in [-0.3, -0.25) is 0 Å². The Morgan fingerprint density at radius 2 is 1.08 bits per heavy atom. The van der Waals surface area contributed by atoms with Crippen molar-refractivity contribution in [2.24, 2.45) is 0 Å². The van der Waals surface area contributed by atoms with Crippen molar-refractivity contribution in [3.63, 3.8) is 0 Å². The van der Waals surface area contributed by atoms with Gasteiger partial charge in [0.15, 0.2) is 0 Å². The van der Waals surface area contributed by atoms with Crippen LogP contribution in [0, 0.1) is 0 Å². The van der Waals surface area contributed by atoms with Crippen LogP contribution in [0.3, 0.4) is 0 Å². The summed E-state index contributed by atoms with van der Waals surface area (Å²) in [5.41, 5.74) is 5.73. The van der Waals surface area contributed by atoms with Gasteiger partial charge in [0.25, 0.3) is 0 Å². The van der Waals surface area contributed by atoms with E-state index < -0.39 is 6.10 Å². The van der Waals surface area contributed by atoms with Crippen molar-refractivity contribution in [1.82, 2.24) is 0 Å². The molecule has 0 saturated heterocycles. The quantitative estimate of drug-likeness (QED) is 0.385. The molecule has 1 atom stereocenters. The van der Waals surface area contributed by atoms with E-state index in [4.69, 9.17) is 5.11 Å². The first-order chi connectivity index (χ1) is 11.8. The number of aliphatic hydroxyl groups is 2. The molecule has 0 aliphatic rings. The Kier molecular flexibility index (Phi) is 14.5. The summed E-state index contributed by atoms with van der Waals surface area (Å²) in [6.07, 6.45) is 16.9. The van der Waals surface area contributed by atoms with Gasteiger partial charge in [-0.15, -0.1) is 0 Å². The smallest absolute Gasteiger partial charge is 0.0773 e. The molecule has 0 aromatic rings. The predicted octanol–water partition coefficient (Wildman–Crippen LogP) is 6.27. The Hall–Kier alpha value is -1.12. The molecule has 1 unspecified atom stereocenters. The minimum atomic E-state index is -0.579. The first kappa shape index (κ1) is 23.9. The largest absolute Gasteiger partial charge is 0.394 e. The summed E-state index contributed by atoms with van der Waals surface area (Å²) in [6.45, 7) is 10.8. The van der Waals surface area contributed by atoms with Gasteiger partial charge in [-0.1, -0.05) is 46.6 Å². The van der Waals surface area contributed by atoms with Crippen LogP contribution in [0.5, 0.6) is 0 Å². The Morgan fingerprint density at radius 3 is 1.48 bits per heavy atom. The highest BCUT2D eigenvalue weighted by Crippen LogP contribution is 2.14. The van der Waals surface area contributed by atoms with Gasteiger partial charge in [-0.25, -0.2) is 0 Å². The lowest BCUT2D eigenvalue weighted by Gasteiger charge is -2.05. The lowest BCUT2D eigenvalue weighted by Crippen LogP contribution is -2.10. The molecule has 2 nitrogen and oxygen atoms in total. The highest BCUT2D eigenvalue weighted by molar-refractivity contribution is 5.07. The molecule has 0 aromatic carbocycles. The summed E-state index contributed by atoms with van der Waals surface area (Å²) < 4.78 is 0. The van der Waals surface area contributed by atoms with Crippen molar-refractivity contribution < 1.29 is 10.2 Å². The van der Waals surface area contributed by atoms with E-state index in [2.05, 4.69) is 58.9 Å². The molecule has 0 amide bonds. The van der Waals surface area contributed by atoms with Crippen LogP contribution in [-0.4, -0.2) is 22.9 Å². The molecule has 0 rings (SSSR count). The number of hydrogen-bond acceptors (Lipinski definition) is 2.